The Balaban J connectivity index is 2.01. The zero-order valence-corrected chi connectivity index (χ0v) is 15.1. The topological polar surface area (TPSA) is 105 Å². The van der Waals surface area contributed by atoms with Crippen molar-refractivity contribution < 1.29 is 22.7 Å². The second-order valence-corrected chi connectivity index (χ2v) is 7.85. The quantitative estimate of drug-likeness (QED) is 0.702. The van der Waals surface area contributed by atoms with Crippen molar-refractivity contribution in [1.82, 2.24) is 14.9 Å². The highest BCUT2D eigenvalue weighted by molar-refractivity contribution is 7.89. The molecular weight excluding hydrogens is 346 g/mol. The van der Waals surface area contributed by atoms with Gasteiger partial charge >= 0.3 is 0 Å². The molecule has 1 aromatic rings. The molecule has 1 aromatic carbocycles. The Morgan fingerprint density at radius 1 is 1.28 bits per heavy atom. The first-order chi connectivity index (χ1) is 11.8. The van der Waals surface area contributed by atoms with Crippen molar-refractivity contribution in [3.8, 4) is 0 Å². The van der Waals surface area contributed by atoms with E-state index in [1.807, 2.05) is 0 Å². The Hall–Kier alpha value is -1.97. The molecule has 1 aliphatic rings. The monoisotopic (exact) mass is 369 g/mol. The molecule has 25 heavy (non-hydrogen) atoms. The third-order valence-corrected chi connectivity index (χ3v) is 5.89. The van der Waals surface area contributed by atoms with Crippen molar-refractivity contribution in [2.24, 2.45) is 0 Å². The number of ether oxygens (including phenoxy) is 1. The van der Waals surface area contributed by atoms with Crippen LogP contribution in [0.1, 0.15) is 23.2 Å². The third kappa shape index (κ3) is 5.00. The first-order valence-corrected chi connectivity index (χ1v) is 9.44. The van der Waals surface area contributed by atoms with Gasteiger partial charge in [-0.25, -0.2) is 12.7 Å². The molecule has 0 spiro atoms. The van der Waals surface area contributed by atoms with Gasteiger partial charge in [-0.1, -0.05) is 0 Å². The Kier molecular flexibility index (Phi) is 6.51. The van der Waals surface area contributed by atoms with Crippen molar-refractivity contribution in [3.63, 3.8) is 0 Å². The number of amides is 2. The molecule has 2 rings (SSSR count). The first-order valence-electron chi connectivity index (χ1n) is 8.00. The van der Waals surface area contributed by atoms with Crippen LogP contribution in [0.3, 0.4) is 0 Å². The van der Waals surface area contributed by atoms with E-state index in [0.717, 1.165) is 10.7 Å². The lowest BCUT2D eigenvalue weighted by atomic mass is 10.2. The molecule has 1 atom stereocenters. The molecule has 8 nitrogen and oxygen atoms in total. The van der Waals surface area contributed by atoms with E-state index < -0.39 is 10.0 Å². The smallest absolute Gasteiger partial charge is 0.251 e. The van der Waals surface area contributed by atoms with Crippen molar-refractivity contribution in [1.29, 1.82) is 0 Å². The Bertz CT molecular complexity index is 712. The molecule has 0 radical (unpaired) electrons. The lowest BCUT2D eigenvalue weighted by Crippen LogP contribution is -2.35. The van der Waals surface area contributed by atoms with E-state index in [9.17, 15) is 18.0 Å². The molecule has 2 amide bonds. The average Bonchev–Trinajstić information content (AvgIpc) is 3.12. The average molecular weight is 369 g/mol. The van der Waals surface area contributed by atoms with E-state index in [4.69, 9.17) is 4.74 Å². The first kappa shape index (κ1) is 19.4. The van der Waals surface area contributed by atoms with Crippen molar-refractivity contribution in [3.05, 3.63) is 29.8 Å². The maximum atomic E-state index is 12.5. The van der Waals surface area contributed by atoms with E-state index in [0.29, 0.717) is 18.8 Å². The molecule has 1 aliphatic heterocycles. The minimum atomic E-state index is -3.71. The highest BCUT2D eigenvalue weighted by Gasteiger charge is 2.22. The van der Waals surface area contributed by atoms with Gasteiger partial charge in [-0.3, -0.25) is 9.59 Å². The van der Waals surface area contributed by atoms with Gasteiger partial charge in [0.2, 0.25) is 15.9 Å². The zero-order valence-electron chi connectivity index (χ0n) is 14.3. The van der Waals surface area contributed by atoms with E-state index in [1.165, 1.54) is 38.4 Å². The van der Waals surface area contributed by atoms with E-state index in [2.05, 4.69) is 10.6 Å². The number of sulfonamides is 1. The summed E-state index contributed by atoms with van der Waals surface area (Å²) in [6.07, 6.45) is 0.852. The molecule has 2 N–H and O–H groups in total. The Morgan fingerprint density at radius 2 is 1.96 bits per heavy atom. The Morgan fingerprint density at radius 3 is 2.52 bits per heavy atom. The summed E-state index contributed by atoms with van der Waals surface area (Å²) in [6.45, 7) is 1.20. The van der Waals surface area contributed by atoms with Crippen LogP contribution in [0.15, 0.2) is 29.2 Å². The summed E-state index contributed by atoms with van der Waals surface area (Å²) in [5, 5.41) is 5.29. The highest BCUT2D eigenvalue weighted by atomic mass is 32.2. The van der Waals surface area contributed by atoms with Crippen molar-refractivity contribution in [2.75, 3.05) is 33.9 Å². The molecule has 1 saturated heterocycles. The lowest BCUT2D eigenvalue weighted by molar-refractivity contribution is -0.120. The molecule has 138 valence electrons. The van der Waals surface area contributed by atoms with Crippen molar-refractivity contribution in [2.45, 2.75) is 23.8 Å². The van der Waals surface area contributed by atoms with Crippen LogP contribution in [-0.2, 0) is 19.6 Å². The summed E-state index contributed by atoms with van der Waals surface area (Å²) >= 11 is 0. The van der Waals surface area contributed by atoms with Gasteiger partial charge in [-0.2, -0.15) is 0 Å². The van der Waals surface area contributed by atoms with Gasteiger partial charge in [0.1, 0.15) is 0 Å². The van der Waals surface area contributed by atoms with Crippen LogP contribution < -0.4 is 10.6 Å². The molecule has 0 saturated carbocycles. The second-order valence-electron chi connectivity index (χ2n) is 5.81. The predicted octanol–water partition coefficient (Wildman–Crippen LogP) is -0.0381. The Labute approximate surface area is 147 Å². The van der Waals surface area contributed by atoms with Gasteiger partial charge < -0.3 is 15.4 Å². The van der Waals surface area contributed by atoms with E-state index >= 15 is 0 Å². The summed E-state index contributed by atoms with van der Waals surface area (Å²) in [4.78, 5) is 23.5. The number of hydrogen-bond donors (Lipinski definition) is 2. The summed E-state index contributed by atoms with van der Waals surface area (Å²) in [5.41, 5.74) is 0.388. The molecule has 1 fully saturated rings. The molecule has 1 heterocycles. The largest absolute Gasteiger partial charge is 0.379 e. The summed E-state index contributed by atoms with van der Waals surface area (Å²) in [5.74, 6) is -0.489. The number of nitrogens with zero attached hydrogens (tertiary/aromatic N) is 1. The number of nitrogens with one attached hydrogen (secondary N) is 2. The molecular formula is C16H23N3O5S. The molecule has 0 bridgehead atoms. The lowest BCUT2D eigenvalue weighted by Gasteiger charge is -2.17. The van der Waals surface area contributed by atoms with Crippen LogP contribution >= 0.6 is 0 Å². The minimum Gasteiger partial charge on any atom is -0.379 e. The van der Waals surface area contributed by atoms with Gasteiger partial charge in [-0.05, 0) is 30.7 Å². The number of benzene rings is 1. The third-order valence-electron chi connectivity index (χ3n) is 4.02. The summed E-state index contributed by atoms with van der Waals surface area (Å²) < 4.78 is 31.3. The zero-order chi connectivity index (χ0) is 18.4. The fraction of sp³-hybridized carbons (Fsp3) is 0.500. The molecule has 0 aliphatic carbocycles. The van der Waals surface area contributed by atoms with Gasteiger partial charge in [0.15, 0.2) is 0 Å². The van der Waals surface area contributed by atoms with Crippen LogP contribution in [0.4, 0.5) is 0 Å². The van der Waals surface area contributed by atoms with Gasteiger partial charge in [-0.15, -0.1) is 0 Å². The number of carbonyl (C=O) groups is 2. The van der Waals surface area contributed by atoms with E-state index in [1.54, 1.807) is 0 Å². The van der Waals surface area contributed by atoms with Crippen molar-refractivity contribution >= 4 is 21.8 Å². The minimum absolute atomic E-state index is 0.00763. The maximum absolute atomic E-state index is 12.5. The van der Waals surface area contributed by atoms with Crippen LogP contribution in [0, 0.1) is 0 Å². The van der Waals surface area contributed by atoms with Gasteiger partial charge in [0.05, 0.1) is 17.5 Å². The number of rotatable bonds is 7. The molecule has 0 unspecified atom stereocenters. The highest BCUT2D eigenvalue weighted by Crippen LogP contribution is 2.16. The van der Waals surface area contributed by atoms with Gasteiger partial charge in [0.25, 0.3) is 5.91 Å². The van der Waals surface area contributed by atoms with Crippen LogP contribution in [0.5, 0.6) is 0 Å². The van der Waals surface area contributed by atoms with Crippen LogP contribution in [0.2, 0.25) is 0 Å². The van der Waals surface area contributed by atoms with E-state index in [-0.39, 0.29) is 35.7 Å². The second kappa shape index (κ2) is 8.41. The molecule has 0 aromatic heterocycles. The predicted molar refractivity (Wildman–Crippen MR) is 91.6 cm³/mol. The molecule has 9 heteroatoms. The fourth-order valence-corrected chi connectivity index (χ4v) is 3.55. The summed E-state index contributed by atoms with van der Waals surface area (Å²) in [7, 11) is -0.792. The van der Waals surface area contributed by atoms with Crippen LogP contribution in [0.25, 0.3) is 0 Å². The standard InChI is InChI=1S/C16H23N3O5S/c1-17-15(20)7-9-19(2)25(22,23)14-5-3-12(4-6-14)16(21)18-13-8-10-24-11-13/h3-6,13H,7-11H2,1-2H3,(H,17,20)(H,18,21)/t13-/m1/s1. The van der Waals surface area contributed by atoms with Gasteiger partial charge in [0, 0.05) is 39.2 Å². The summed E-state index contributed by atoms with van der Waals surface area (Å²) in [6, 6.07) is 5.74. The normalized spacial score (nSPS) is 17.5. The maximum Gasteiger partial charge on any atom is 0.251 e. The van der Waals surface area contributed by atoms with Crippen LogP contribution in [-0.4, -0.2) is 64.4 Å². The SMILES string of the molecule is CNC(=O)CCN(C)S(=O)(=O)c1ccc(C(=O)N[C@@H]2CCOC2)cc1. The number of hydrogen-bond acceptors (Lipinski definition) is 5. The number of carbonyl (C=O) groups excluding carboxylic acids is 2. The fourth-order valence-electron chi connectivity index (χ4n) is 2.38.